The van der Waals surface area contributed by atoms with Gasteiger partial charge in [0, 0.05) is 40.0 Å². The third-order valence-corrected chi connectivity index (χ3v) is 7.16. The van der Waals surface area contributed by atoms with Crippen LogP contribution in [0, 0.1) is 16.0 Å². The molecule has 0 amide bonds. The van der Waals surface area contributed by atoms with E-state index in [0.717, 1.165) is 0 Å². The molecule has 0 bridgehead atoms. The number of hydrogen-bond acceptors (Lipinski definition) is 11. The molecular weight excluding hydrogens is 524 g/mol. The maximum atomic E-state index is 12.9. The number of esters is 2. The fraction of sp³-hybridized carbons (Fsp3) is 0.259. The smallest absolute Gasteiger partial charge is 0.336 e. The van der Waals surface area contributed by atoms with Crippen molar-refractivity contribution in [3.8, 4) is 17.0 Å². The van der Waals surface area contributed by atoms with Gasteiger partial charge in [0.25, 0.3) is 0 Å². The van der Waals surface area contributed by atoms with Crippen LogP contribution in [-0.4, -0.2) is 48.9 Å². The highest BCUT2D eigenvalue weighted by Gasteiger charge is 2.43. The highest BCUT2D eigenvalue weighted by atomic mass is 32.1. The monoisotopic (exact) mass is 550 g/mol. The number of nitro groups is 1. The van der Waals surface area contributed by atoms with Gasteiger partial charge in [-0.3, -0.25) is 19.9 Å². The van der Waals surface area contributed by atoms with Crippen LogP contribution in [0.5, 0.6) is 5.75 Å². The number of nitrogens with one attached hydrogen (secondary N) is 1. The van der Waals surface area contributed by atoms with Gasteiger partial charge in [-0.25, -0.2) is 9.78 Å². The van der Waals surface area contributed by atoms with Crippen LogP contribution in [-0.2, 0) is 19.1 Å². The van der Waals surface area contributed by atoms with E-state index in [1.807, 2.05) is 24.3 Å². The van der Waals surface area contributed by atoms with Crippen LogP contribution in [0.25, 0.3) is 11.3 Å². The van der Waals surface area contributed by atoms with E-state index >= 15 is 0 Å². The molecule has 1 aromatic heterocycles. The highest BCUT2D eigenvalue weighted by molar-refractivity contribution is 7.14. The van der Waals surface area contributed by atoms with Gasteiger partial charge in [-0.1, -0.05) is 18.2 Å². The number of aliphatic imine (C=N–C) groups is 1. The molecule has 0 saturated heterocycles. The molecule has 3 aromatic rings. The average Bonchev–Trinajstić information content (AvgIpc) is 3.40. The molecule has 0 spiro atoms. The van der Waals surface area contributed by atoms with Gasteiger partial charge in [0.05, 0.1) is 37.5 Å². The van der Waals surface area contributed by atoms with Crippen molar-refractivity contribution in [2.75, 3.05) is 26.6 Å². The normalized spacial score (nSPS) is 16.8. The maximum Gasteiger partial charge on any atom is 0.336 e. The molecule has 11 nitrogen and oxygen atoms in total. The van der Waals surface area contributed by atoms with Gasteiger partial charge in [0.1, 0.15) is 5.92 Å². The number of thiazole rings is 1. The number of methoxy groups -OCH3 is 3. The Morgan fingerprint density at radius 1 is 1.08 bits per heavy atom. The van der Waals surface area contributed by atoms with Gasteiger partial charge in [0.2, 0.25) is 0 Å². The van der Waals surface area contributed by atoms with Crippen LogP contribution in [0.2, 0.25) is 0 Å². The minimum absolute atomic E-state index is 0.155. The molecule has 0 radical (unpaired) electrons. The second-order valence-corrected chi connectivity index (χ2v) is 9.47. The van der Waals surface area contributed by atoms with E-state index in [2.05, 4.69) is 15.3 Å². The van der Waals surface area contributed by atoms with E-state index in [1.54, 1.807) is 25.3 Å². The second kappa shape index (κ2) is 11.4. The lowest BCUT2D eigenvalue weighted by molar-refractivity contribution is -0.385. The summed E-state index contributed by atoms with van der Waals surface area (Å²) in [5, 5.41) is 17.0. The molecular formula is C27H26N4O7S. The molecule has 1 aliphatic rings. The van der Waals surface area contributed by atoms with Crippen molar-refractivity contribution in [2.24, 2.45) is 10.9 Å². The highest BCUT2D eigenvalue weighted by Crippen LogP contribution is 2.43. The van der Waals surface area contributed by atoms with E-state index in [1.165, 1.54) is 44.8 Å². The number of carbonyl (C=O) groups excluding carboxylic acids is 2. The number of nitrogens with zero attached hydrogens (tertiary/aromatic N) is 3. The van der Waals surface area contributed by atoms with Crippen LogP contribution in [0.4, 0.5) is 16.5 Å². The van der Waals surface area contributed by atoms with E-state index in [9.17, 15) is 19.7 Å². The molecule has 0 aliphatic carbocycles. The van der Waals surface area contributed by atoms with Crippen molar-refractivity contribution >= 4 is 45.5 Å². The fourth-order valence-electron chi connectivity index (χ4n) is 4.63. The number of rotatable bonds is 8. The first-order valence-electron chi connectivity index (χ1n) is 11.8. The molecule has 2 atom stereocenters. The first-order chi connectivity index (χ1) is 18.7. The molecule has 1 N–H and O–H groups in total. The minimum atomic E-state index is -0.845. The second-order valence-electron chi connectivity index (χ2n) is 8.62. The summed E-state index contributed by atoms with van der Waals surface area (Å²) >= 11 is 1.30. The Bertz CT molecular complexity index is 1510. The summed E-state index contributed by atoms with van der Waals surface area (Å²) < 4.78 is 15.2. The van der Waals surface area contributed by atoms with Crippen LogP contribution in [0.3, 0.4) is 0 Å². The predicted octanol–water partition coefficient (Wildman–Crippen LogP) is 5.26. The van der Waals surface area contributed by atoms with Crippen molar-refractivity contribution in [3.05, 3.63) is 74.8 Å². The first kappa shape index (κ1) is 27.5. The zero-order valence-electron chi connectivity index (χ0n) is 21.9. The van der Waals surface area contributed by atoms with Gasteiger partial charge in [0.15, 0.2) is 10.9 Å². The SMILES string of the molecule is COC(=O)C1=C(C)N=C(C)C(C(=O)OC)C1c1ccccc1Nc1nc(-c2ccc(OC)c([N+](=O)[O-])c2)cs1. The number of carbonyl (C=O) groups is 2. The van der Waals surface area contributed by atoms with E-state index in [4.69, 9.17) is 14.2 Å². The Balaban J connectivity index is 1.75. The summed E-state index contributed by atoms with van der Waals surface area (Å²) in [6.45, 7) is 3.43. The predicted molar refractivity (Wildman–Crippen MR) is 147 cm³/mol. The van der Waals surface area contributed by atoms with Crippen LogP contribution >= 0.6 is 11.3 Å². The third kappa shape index (κ3) is 5.36. The summed E-state index contributed by atoms with van der Waals surface area (Å²) in [4.78, 5) is 45.8. The van der Waals surface area contributed by atoms with Crippen molar-refractivity contribution in [1.29, 1.82) is 0 Å². The number of hydrogen-bond donors (Lipinski definition) is 1. The van der Waals surface area contributed by atoms with E-state index in [-0.39, 0.29) is 17.0 Å². The van der Waals surface area contributed by atoms with Gasteiger partial charge < -0.3 is 19.5 Å². The maximum absolute atomic E-state index is 12.9. The molecule has 202 valence electrons. The van der Waals surface area contributed by atoms with Crippen molar-refractivity contribution < 1.29 is 28.7 Å². The third-order valence-electron chi connectivity index (χ3n) is 6.40. The zero-order valence-corrected chi connectivity index (χ0v) is 22.7. The average molecular weight is 551 g/mol. The van der Waals surface area contributed by atoms with Crippen molar-refractivity contribution in [3.63, 3.8) is 0 Å². The molecule has 39 heavy (non-hydrogen) atoms. The molecule has 0 saturated carbocycles. The van der Waals surface area contributed by atoms with Crippen LogP contribution in [0.15, 0.2) is 64.1 Å². The lowest BCUT2D eigenvalue weighted by Crippen LogP contribution is -2.36. The summed E-state index contributed by atoms with van der Waals surface area (Å²) in [6, 6.07) is 11.9. The lowest BCUT2D eigenvalue weighted by atomic mass is 9.75. The Morgan fingerprint density at radius 2 is 1.82 bits per heavy atom. The summed E-state index contributed by atoms with van der Waals surface area (Å²) in [5.41, 5.74) is 3.42. The molecule has 12 heteroatoms. The van der Waals surface area contributed by atoms with Crippen LogP contribution in [0.1, 0.15) is 25.3 Å². The van der Waals surface area contributed by atoms with E-state index in [0.29, 0.717) is 39.0 Å². The van der Waals surface area contributed by atoms with Gasteiger partial charge in [-0.05, 0) is 37.6 Å². The molecule has 1 aliphatic heterocycles. The van der Waals surface area contributed by atoms with Crippen molar-refractivity contribution in [1.82, 2.24) is 4.98 Å². The van der Waals surface area contributed by atoms with Gasteiger partial charge in [-0.15, -0.1) is 11.3 Å². The Labute approximate surface area is 228 Å². The number of para-hydroxylation sites is 1. The zero-order chi connectivity index (χ0) is 28.3. The van der Waals surface area contributed by atoms with Gasteiger partial charge in [-0.2, -0.15) is 0 Å². The summed E-state index contributed by atoms with van der Waals surface area (Å²) in [7, 11) is 3.94. The quantitative estimate of drug-likeness (QED) is 0.226. The fourth-order valence-corrected chi connectivity index (χ4v) is 5.37. The minimum Gasteiger partial charge on any atom is -0.490 e. The Hall–Kier alpha value is -4.58. The number of anilines is 2. The molecule has 2 heterocycles. The molecule has 2 aromatic carbocycles. The number of aromatic nitrogens is 1. The van der Waals surface area contributed by atoms with Crippen LogP contribution < -0.4 is 10.1 Å². The largest absolute Gasteiger partial charge is 0.490 e. The van der Waals surface area contributed by atoms with Crippen molar-refractivity contribution in [2.45, 2.75) is 19.8 Å². The molecule has 4 rings (SSSR count). The lowest BCUT2D eigenvalue weighted by Gasteiger charge is -2.32. The Morgan fingerprint density at radius 3 is 2.49 bits per heavy atom. The standard InChI is InChI=1S/C27H26N4O7S/c1-14-22(25(32)37-4)24(23(15(2)28-14)26(33)38-5)17-8-6-7-9-18(17)29-27-30-19(13-39-27)16-10-11-21(36-3)20(12-16)31(34)35/h6-13,22,24H,1-5H3,(H,29,30). The summed E-state index contributed by atoms with van der Waals surface area (Å²) in [5.74, 6) is -2.53. The van der Waals surface area contributed by atoms with Gasteiger partial charge >= 0.3 is 17.6 Å². The number of nitro benzene ring substituents is 1. The topological polar surface area (TPSA) is 142 Å². The van der Waals surface area contributed by atoms with E-state index < -0.39 is 28.7 Å². The summed E-state index contributed by atoms with van der Waals surface area (Å²) in [6.07, 6.45) is 0. The molecule has 2 unspecified atom stereocenters. The molecule has 0 fully saturated rings. The first-order valence-corrected chi connectivity index (χ1v) is 12.6. The Kier molecular flexibility index (Phi) is 8.05. The number of allylic oxidation sites excluding steroid dienone is 1. The number of benzene rings is 2. The number of ether oxygens (including phenoxy) is 3.